The second kappa shape index (κ2) is 5.36. The third-order valence-corrected chi connectivity index (χ3v) is 4.91. The number of nitrogens with zero attached hydrogens (tertiary/aromatic N) is 3. The molecule has 4 aromatic rings. The molecule has 3 heterocycles. The van der Waals surface area contributed by atoms with Gasteiger partial charge in [-0.05, 0) is 23.9 Å². The Kier molecular flexibility index (Phi) is 3.09. The van der Waals surface area contributed by atoms with Crippen molar-refractivity contribution in [2.45, 2.75) is 12.6 Å². The van der Waals surface area contributed by atoms with Crippen molar-refractivity contribution in [2.24, 2.45) is 5.92 Å². The van der Waals surface area contributed by atoms with Gasteiger partial charge in [0.1, 0.15) is 17.5 Å². The summed E-state index contributed by atoms with van der Waals surface area (Å²) in [7, 11) is 0. The molecule has 1 aliphatic carbocycles. The van der Waals surface area contributed by atoms with Gasteiger partial charge >= 0.3 is 0 Å². The van der Waals surface area contributed by atoms with E-state index in [0.29, 0.717) is 5.65 Å². The molecule has 1 aromatic carbocycles. The van der Waals surface area contributed by atoms with Gasteiger partial charge in [0.05, 0.1) is 5.92 Å². The smallest absolute Gasteiger partial charge is 0.189 e. The van der Waals surface area contributed by atoms with Crippen LogP contribution in [0.4, 0.5) is 10.2 Å². The van der Waals surface area contributed by atoms with Gasteiger partial charge in [-0.25, -0.2) is 9.37 Å². The van der Waals surface area contributed by atoms with Crippen LogP contribution in [0.15, 0.2) is 55.0 Å². The van der Waals surface area contributed by atoms with Crippen LogP contribution < -0.4 is 5.73 Å². The number of carbonyl (C=O) groups is 1. The van der Waals surface area contributed by atoms with Crippen molar-refractivity contribution in [3.05, 3.63) is 60.7 Å². The summed E-state index contributed by atoms with van der Waals surface area (Å²) >= 11 is 0. The SMILES string of the molecule is Nc1nc2ccc(-c3cncc4ccccc34)cn2c1C(=O)[C@@H]1C[C@@H]1F. The van der Waals surface area contributed by atoms with E-state index >= 15 is 0 Å². The number of hydrogen-bond donors (Lipinski definition) is 1. The molecule has 1 aliphatic rings. The standard InChI is InChI=1S/C20H15FN4O/c21-16-7-14(16)19(26)18-20(22)24-17-6-5-12(10-25(17)18)15-9-23-8-11-3-1-2-4-13(11)15/h1-6,8-10,14,16H,7,22H2/t14-,16+/m1/s1. The van der Waals surface area contributed by atoms with Crippen molar-refractivity contribution in [3.63, 3.8) is 0 Å². The largest absolute Gasteiger partial charge is 0.382 e. The molecule has 3 aromatic heterocycles. The van der Waals surface area contributed by atoms with Gasteiger partial charge < -0.3 is 5.73 Å². The zero-order valence-corrected chi connectivity index (χ0v) is 13.8. The highest BCUT2D eigenvalue weighted by atomic mass is 19.1. The second-order valence-electron chi connectivity index (χ2n) is 6.62. The minimum absolute atomic E-state index is 0.141. The number of alkyl halides is 1. The lowest BCUT2D eigenvalue weighted by atomic mass is 10.0. The van der Waals surface area contributed by atoms with Gasteiger partial charge in [0.15, 0.2) is 11.6 Å². The highest BCUT2D eigenvalue weighted by Gasteiger charge is 2.45. The van der Waals surface area contributed by atoms with Crippen LogP contribution in [0.5, 0.6) is 0 Å². The number of rotatable bonds is 3. The lowest BCUT2D eigenvalue weighted by molar-refractivity contribution is 0.0952. The number of nitrogens with two attached hydrogens (primary N) is 1. The first-order chi connectivity index (χ1) is 12.6. The molecule has 2 atom stereocenters. The molecule has 6 heteroatoms. The van der Waals surface area contributed by atoms with E-state index in [1.165, 1.54) is 0 Å². The van der Waals surface area contributed by atoms with Crippen LogP contribution >= 0.6 is 0 Å². The van der Waals surface area contributed by atoms with Gasteiger partial charge in [-0.1, -0.05) is 24.3 Å². The number of nitrogen functional groups attached to an aromatic ring is 1. The number of halogens is 1. The van der Waals surface area contributed by atoms with E-state index in [2.05, 4.69) is 9.97 Å². The molecule has 0 bridgehead atoms. The number of pyridine rings is 2. The maximum atomic E-state index is 13.4. The summed E-state index contributed by atoms with van der Waals surface area (Å²) in [6, 6.07) is 11.7. The van der Waals surface area contributed by atoms with Crippen LogP contribution in [0.2, 0.25) is 0 Å². The molecule has 2 N–H and O–H groups in total. The first-order valence-electron chi connectivity index (χ1n) is 8.42. The predicted molar refractivity (Wildman–Crippen MR) is 97.7 cm³/mol. The molecule has 1 fully saturated rings. The average Bonchev–Trinajstić information content (AvgIpc) is 3.30. The Morgan fingerprint density at radius 2 is 2.00 bits per heavy atom. The van der Waals surface area contributed by atoms with E-state index in [1.807, 2.05) is 48.8 Å². The molecule has 0 unspecified atom stereocenters. The van der Waals surface area contributed by atoms with Crippen molar-refractivity contribution < 1.29 is 9.18 Å². The van der Waals surface area contributed by atoms with Gasteiger partial charge in [0.25, 0.3) is 0 Å². The summed E-state index contributed by atoms with van der Waals surface area (Å²) in [6.07, 6.45) is 4.63. The Hall–Kier alpha value is -3.28. The molecule has 1 saturated carbocycles. The second-order valence-corrected chi connectivity index (χ2v) is 6.62. The fraction of sp³-hybridized carbons (Fsp3) is 0.150. The monoisotopic (exact) mass is 346 g/mol. The maximum Gasteiger partial charge on any atom is 0.189 e. The Labute approximate surface area is 148 Å². The molecule has 128 valence electrons. The molecule has 0 radical (unpaired) electrons. The number of hydrogen-bond acceptors (Lipinski definition) is 4. The Bertz CT molecular complexity index is 1180. The fourth-order valence-corrected chi connectivity index (χ4v) is 3.42. The van der Waals surface area contributed by atoms with Gasteiger partial charge in [-0.15, -0.1) is 0 Å². The Balaban J connectivity index is 1.71. The average molecular weight is 346 g/mol. The molecular formula is C20H15FN4O. The Morgan fingerprint density at radius 1 is 1.19 bits per heavy atom. The number of carbonyl (C=O) groups excluding carboxylic acids is 1. The third-order valence-electron chi connectivity index (χ3n) is 4.91. The summed E-state index contributed by atoms with van der Waals surface area (Å²) in [5, 5.41) is 2.10. The third kappa shape index (κ3) is 2.19. The van der Waals surface area contributed by atoms with Crippen LogP contribution in [-0.4, -0.2) is 26.3 Å². The van der Waals surface area contributed by atoms with E-state index in [9.17, 15) is 9.18 Å². The molecule has 5 rings (SSSR count). The summed E-state index contributed by atoms with van der Waals surface area (Å²) in [6.45, 7) is 0. The number of imidazole rings is 1. The number of anilines is 1. The summed E-state index contributed by atoms with van der Waals surface area (Å²) in [5.74, 6) is -0.738. The van der Waals surface area contributed by atoms with E-state index in [0.717, 1.165) is 21.9 Å². The topological polar surface area (TPSA) is 73.3 Å². The van der Waals surface area contributed by atoms with Gasteiger partial charge in [0.2, 0.25) is 0 Å². The van der Waals surface area contributed by atoms with E-state index < -0.39 is 12.1 Å². The van der Waals surface area contributed by atoms with Crippen molar-refractivity contribution in [2.75, 3.05) is 5.73 Å². The van der Waals surface area contributed by atoms with Gasteiger partial charge in [0, 0.05) is 35.1 Å². The quantitative estimate of drug-likeness (QED) is 0.575. The van der Waals surface area contributed by atoms with Crippen LogP contribution in [-0.2, 0) is 0 Å². The lowest BCUT2D eigenvalue weighted by Crippen LogP contribution is -2.10. The van der Waals surface area contributed by atoms with Gasteiger partial charge in [-0.3, -0.25) is 14.2 Å². The number of benzene rings is 1. The molecule has 0 amide bonds. The first-order valence-corrected chi connectivity index (χ1v) is 8.42. The zero-order chi connectivity index (χ0) is 17.8. The number of ketones is 1. The zero-order valence-electron chi connectivity index (χ0n) is 13.8. The van der Waals surface area contributed by atoms with Crippen molar-refractivity contribution >= 4 is 28.0 Å². The number of aromatic nitrogens is 3. The minimum Gasteiger partial charge on any atom is -0.382 e. The Morgan fingerprint density at radius 3 is 2.81 bits per heavy atom. The van der Waals surface area contributed by atoms with Crippen LogP contribution in [0.1, 0.15) is 16.9 Å². The predicted octanol–water partition coefficient (Wildman–Crippen LogP) is 3.67. The van der Waals surface area contributed by atoms with Crippen molar-refractivity contribution in [1.29, 1.82) is 0 Å². The van der Waals surface area contributed by atoms with Crippen molar-refractivity contribution in [1.82, 2.24) is 14.4 Å². The highest BCUT2D eigenvalue weighted by Crippen LogP contribution is 2.38. The lowest BCUT2D eigenvalue weighted by Gasteiger charge is -2.08. The summed E-state index contributed by atoms with van der Waals surface area (Å²) < 4.78 is 15.0. The van der Waals surface area contributed by atoms with Crippen molar-refractivity contribution in [3.8, 4) is 11.1 Å². The van der Waals surface area contributed by atoms with Crippen LogP contribution in [0, 0.1) is 5.92 Å². The highest BCUT2D eigenvalue weighted by molar-refractivity contribution is 6.03. The number of fused-ring (bicyclic) bond motifs is 2. The molecule has 0 aliphatic heterocycles. The van der Waals surface area contributed by atoms with Crippen LogP contribution in [0.3, 0.4) is 0 Å². The normalized spacial score (nSPS) is 19.1. The maximum absolute atomic E-state index is 13.4. The van der Waals surface area contributed by atoms with E-state index in [-0.39, 0.29) is 23.7 Å². The molecule has 26 heavy (non-hydrogen) atoms. The molecule has 0 spiro atoms. The summed E-state index contributed by atoms with van der Waals surface area (Å²) in [4.78, 5) is 21.1. The minimum atomic E-state index is -1.07. The first kappa shape index (κ1) is 15.0. The van der Waals surface area contributed by atoms with E-state index in [1.54, 1.807) is 10.6 Å². The van der Waals surface area contributed by atoms with E-state index in [4.69, 9.17) is 5.73 Å². The summed E-state index contributed by atoms with van der Waals surface area (Å²) in [5.41, 5.74) is 8.63. The fourth-order valence-electron chi connectivity index (χ4n) is 3.42. The molecular weight excluding hydrogens is 331 g/mol. The molecule has 0 saturated heterocycles. The number of Topliss-reactive ketones (excluding diaryl/α,β-unsaturated/α-hetero) is 1. The van der Waals surface area contributed by atoms with Gasteiger partial charge in [-0.2, -0.15) is 0 Å². The molecule has 5 nitrogen and oxygen atoms in total. The van der Waals surface area contributed by atoms with Crippen LogP contribution in [0.25, 0.3) is 27.5 Å².